The van der Waals surface area contributed by atoms with Crippen molar-refractivity contribution >= 4 is 40.4 Å². The highest BCUT2D eigenvalue weighted by Gasteiger charge is 2.49. The van der Waals surface area contributed by atoms with Crippen molar-refractivity contribution in [1.82, 2.24) is 15.1 Å². The highest BCUT2D eigenvalue weighted by atomic mass is 35.5. The molecule has 0 unspecified atom stereocenters. The summed E-state index contributed by atoms with van der Waals surface area (Å²) >= 11 is 7.56. The average molecular weight is 505 g/mol. The van der Waals surface area contributed by atoms with Crippen LogP contribution in [0.3, 0.4) is 0 Å². The largest absolute Gasteiger partial charge is 0.350 e. The van der Waals surface area contributed by atoms with Crippen LogP contribution in [0.25, 0.3) is 10.6 Å². The smallest absolute Gasteiger partial charge is 0.277 e. The molecule has 0 aliphatic carbocycles. The van der Waals surface area contributed by atoms with Gasteiger partial charge in [-0.15, -0.1) is 11.3 Å². The predicted octanol–water partition coefficient (Wildman–Crippen LogP) is 5.56. The first-order valence-electron chi connectivity index (χ1n) is 11.5. The standard InChI is InChI=1S/C27H25ClN4O2S/c1-3-18-6-4-7-21(14-18)32-25(33)23-15-22(24-8-5-13-35-24)30-31(23)17-27(32,2)26(34)29-16-19-9-11-20(28)12-10-19/h4-15H,3,16-17H2,1-2H3,(H,29,34)/t27-/m1/s1. The Morgan fingerprint density at radius 3 is 2.63 bits per heavy atom. The van der Waals surface area contributed by atoms with Crippen molar-refractivity contribution in [3.05, 3.63) is 94.0 Å². The van der Waals surface area contributed by atoms with E-state index in [0.29, 0.717) is 22.9 Å². The summed E-state index contributed by atoms with van der Waals surface area (Å²) in [7, 11) is 0. The van der Waals surface area contributed by atoms with Crippen LogP contribution in [0, 0.1) is 0 Å². The molecular formula is C27H25ClN4O2S. The van der Waals surface area contributed by atoms with Crippen LogP contribution in [-0.4, -0.2) is 27.1 Å². The second-order valence-corrected chi connectivity index (χ2v) is 10.2. The zero-order valence-electron chi connectivity index (χ0n) is 19.5. The van der Waals surface area contributed by atoms with Crippen LogP contribution in [0.15, 0.2) is 72.1 Å². The molecule has 1 aliphatic heterocycles. The maximum absolute atomic E-state index is 13.9. The van der Waals surface area contributed by atoms with Crippen LogP contribution < -0.4 is 10.2 Å². The van der Waals surface area contributed by atoms with Crippen molar-refractivity contribution in [2.24, 2.45) is 0 Å². The summed E-state index contributed by atoms with van der Waals surface area (Å²) < 4.78 is 1.67. The van der Waals surface area contributed by atoms with E-state index in [1.807, 2.05) is 60.0 Å². The lowest BCUT2D eigenvalue weighted by Crippen LogP contribution is -2.64. The van der Waals surface area contributed by atoms with Crippen LogP contribution in [0.5, 0.6) is 0 Å². The lowest BCUT2D eigenvalue weighted by Gasteiger charge is -2.43. The van der Waals surface area contributed by atoms with E-state index in [1.54, 1.807) is 40.0 Å². The number of anilines is 1. The second-order valence-electron chi connectivity index (χ2n) is 8.80. The average Bonchev–Trinajstić information content (AvgIpc) is 3.54. The van der Waals surface area contributed by atoms with E-state index in [4.69, 9.17) is 16.7 Å². The Morgan fingerprint density at radius 1 is 1.11 bits per heavy atom. The van der Waals surface area contributed by atoms with Crippen molar-refractivity contribution < 1.29 is 9.59 Å². The highest BCUT2D eigenvalue weighted by Crippen LogP contribution is 2.35. The quantitative estimate of drug-likeness (QED) is 0.373. The number of thiophene rings is 1. The third-order valence-corrected chi connectivity index (χ3v) is 7.50. The normalized spacial score (nSPS) is 17.3. The zero-order valence-corrected chi connectivity index (χ0v) is 21.1. The summed E-state index contributed by atoms with van der Waals surface area (Å²) in [6.45, 7) is 4.44. The highest BCUT2D eigenvalue weighted by molar-refractivity contribution is 7.13. The van der Waals surface area contributed by atoms with Gasteiger partial charge in [-0.3, -0.25) is 19.2 Å². The number of hydrogen-bond donors (Lipinski definition) is 1. The summed E-state index contributed by atoms with van der Waals surface area (Å²) in [5.41, 5.74) is 2.74. The van der Waals surface area contributed by atoms with E-state index in [0.717, 1.165) is 28.1 Å². The summed E-state index contributed by atoms with van der Waals surface area (Å²) in [4.78, 5) is 30.2. The minimum absolute atomic E-state index is 0.238. The van der Waals surface area contributed by atoms with Gasteiger partial charge in [-0.25, -0.2) is 0 Å². The number of halogens is 1. The maximum Gasteiger partial charge on any atom is 0.277 e. The molecule has 5 rings (SSSR count). The molecule has 1 atom stereocenters. The van der Waals surface area contributed by atoms with Gasteiger partial charge in [0.25, 0.3) is 5.91 Å². The van der Waals surface area contributed by atoms with Gasteiger partial charge in [0.15, 0.2) is 0 Å². The summed E-state index contributed by atoms with van der Waals surface area (Å²) in [6, 6.07) is 20.9. The number of benzene rings is 2. The Labute approximate surface area is 213 Å². The fourth-order valence-corrected chi connectivity index (χ4v) is 5.23. The number of amides is 2. The molecule has 35 heavy (non-hydrogen) atoms. The van der Waals surface area contributed by atoms with E-state index >= 15 is 0 Å². The molecule has 2 amide bonds. The molecule has 0 bridgehead atoms. The third kappa shape index (κ3) is 4.37. The van der Waals surface area contributed by atoms with Crippen LogP contribution in [0.2, 0.25) is 5.02 Å². The summed E-state index contributed by atoms with van der Waals surface area (Å²) in [6.07, 6.45) is 0.829. The number of carbonyl (C=O) groups is 2. The van der Waals surface area contributed by atoms with Crippen LogP contribution in [-0.2, 0) is 24.3 Å². The first-order valence-corrected chi connectivity index (χ1v) is 12.7. The zero-order chi connectivity index (χ0) is 24.6. The van der Waals surface area contributed by atoms with Gasteiger partial charge in [0.1, 0.15) is 16.9 Å². The number of aromatic nitrogens is 2. The number of aryl methyl sites for hydroxylation is 1. The van der Waals surface area contributed by atoms with Crippen LogP contribution in [0.1, 0.15) is 35.5 Å². The lowest BCUT2D eigenvalue weighted by atomic mass is 9.93. The first kappa shape index (κ1) is 23.3. The number of nitrogens with one attached hydrogen (secondary N) is 1. The number of nitrogens with zero attached hydrogens (tertiary/aromatic N) is 3. The van der Waals surface area contributed by atoms with Crippen molar-refractivity contribution in [1.29, 1.82) is 0 Å². The molecule has 6 nitrogen and oxygen atoms in total. The van der Waals surface area contributed by atoms with Crippen LogP contribution in [0.4, 0.5) is 5.69 Å². The molecule has 0 saturated carbocycles. The summed E-state index contributed by atoms with van der Waals surface area (Å²) in [5, 5.41) is 10.3. The molecule has 2 aromatic heterocycles. The molecule has 0 spiro atoms. The number of fused-ring (bicyclic) bond motifs is 1. The van der Waals surface area contributed by atoms with Gasteiger partial charge in [0.05, 0.1) is 11.4 Å². The molecule has 0 fully saturated rings. The molecule has 0 radical (unpaired) electrons. The van der Waals surface area contributed by atoms with Crippen molar-refractivity contribution in [3.8, 4) is 10.6 Å². The Morgan fingerprint density at radius 2 is 1.91 bits per heavy atom. The SMILES string of the molecule is CCc1cccc(N2C(=O)c3cc(-c4cccs4)nn3C[C@]2(C)C(=O)NCc2ccc(Cl)cc2)c1. The Kier molecular flexibility index (Phi) is 6.21. The maximum atomic E-state index is 13.9. The van der Waals surface area contributed by atoms with Crippen molar-refractivity contribution in [3.63, 3.8) is 0 Å². The Balaban J connectivity index is 1.53. The number of rotatable bonds is 6. The van der Waals surface area contributed by atoms with Crippen molar-refractivity contribution in [2.75, 3.05) is 4.90 Å². The lowest BCUT2D eigenvalue weighted by molar-refractivity contribution is -0.126. The Hall–Kier alpha value is -3.42. The topological polar surface area (TPSA) is 67.2 Å². The van der Waals surface area contributed by atoms with Gasteiger partial charge in [-0.1, -0.05) is 48.9 Å². The molecule has 178 valence electrons. The predicted molar refractivity (Wildman–Crippen MR) is 140 cm³/mol. The number of carbonyl (C=O) groups excluding carboxylic acids is 2. The van der Waals surface area contributed by atoms with Gasteiger partial charge >= 0.3 is 0 Å². The van der Waals surface area contributed by atoms with E-state index in [-0.39, 0.29) is 18.4 Å². The molecule has 4 aromatic rings. The minimum Gasteiger partial charge on any atom is -0.350 e. The third-order valence-electron chi connectivity index (χ3n) is 6.36. The van der Waals surface area contributed by atoms with Gasteiger partial charge in [0.2, 0.25) is 5.91 Å². The van der Waals surface area contributed by atoms with E-state index in [1.165, 1.54) is 0 Å². The fourth-order valence-electron chi connectivity index (χ4n) is 4.42. The molecule has 3 heterocycles. The van der Waals surface area contributed by atoms with Gasteiger partial charge in [-0.2, -0.15) is 5.10 Å². The fraction of sp³-hybridized carbons (Fsp3) is 0.222. The van der Waals surface area contributed by atoms with Gasteiger partial charge < -0.3 is 5.32 Å². The van der Waals surface area contributed by atoms with E-state index < -0.39 is 5.54 Å². The second kappa shape index (κ2) is 9.32. The van der Waals surface area contributed by atoms with Gasteiger partial charge in [0, 0.05) is 17.3 Å². The Bertz CT molecular complexity index is 1380. The molecule has 1 aliphatic rings. The molecule has 0 saturated heterocycles. The van der Waals surface area contributed by atoms with Crippen LogP contribution >= 0.6 is 22.9 Å². The van der Waals surface area contributed by atoms with Gasteiger partial charge in [-0.05, 0) is 66.2 Å². The van der Waals surface area contributed by atoms with Crippen molar-refractivity contribution in [2.45, 2.75) is 38.9 Å². The molecule has 2 aromatic carbocycles. The van der Waals surface area contributed by atoms with E-state index in [2.05, 4.69) is 12.2 Å². The number of hydrogen-bond acceptors (Lipinski definition) is 4. The summed E-state index contributed by atoms with van der Waals surface area (Å²) in [5.74, 6) is -0.495. The minimum atomic E-state index is -1.18. The molecular weight excluding hydrogens is 480 g/mol. The van der Waals surface area contributed by atoms with E-state index in [9.17, 15) is 9.59 Å². The monoisotopic (exact) mass is 504 g/mol. The first-order chi connectivity index (χ1) is 16.9. The molecule has 1 N–H and O–H groups in total. The molecule has 8 heteroatoms.